The summed E-state index contributed by atoms with van der Waals surface area (Å²) in [4.78, 5) is 7.81. The van der Waals surface area contributed by atoms with E-state index in [0.717, 1.165) is 22.5 Å². The van der Waals surface area contributed by atoms with Crippen LogP contribution in [0.1, 0.15) is 11.3 Å². The van der Waals surface area contributed by atoms with Crippen molar-refractivity contribution >= 4 is 16.6 Å². The zero-order valence-corrected chi connectivity index (χ0v) is 10.5. The fraction of sp³-hybridized carbons (Fsp3) is 0.133. The Kier molecular flexibility index (Phi) is 2.33. The van der Waals surface area contributed by atoms with Crippen LogP contribution in [0.4, 0.5) is 5.69 Å². The maximum absolute atomic E-state index is 5.68. The summed E-state index contributed by atoms with van der Waals surface area (Å²) in [6, 6.07) is 10.3. The van der Waals surface area contributed by atoms with Crippen molar-refractivity contribution in [1.29, 1.82) is 0 Å². The molecule has 0 spiro atoms. The van der Waals surface area contributed by atoms with Crippen LogP contribution in [0.15, 0.2) is 36.5 Å². The van der Waals surface area contributed by atoms with Gasteiger partial charge in [-0.25, -0.2) is 0 Å². The SMILES string of the molecule is Cc1ccc2[nH]c(C)c(-c3ccc(N)cn3)c2c1. The molecular formula is C15H15N3. The van der Waals surface area contributed by atoms with Gasteiger partial charge in [-0.05, 0) is 38.1 Å². The van der Waals surface area contributed by atoms with Gasteiger partial charge in [0.25, 0.3) is 0 Å². The fourth-order valence-electron chi connectivity index (χ4n) is 2.32. The number of rotatable bonds is 1. The number of anilines is 1. The Morgan fingerprint density at radius 2 is 1.94 bits per heavy atom. The lowest BCUT2D eigenvalue weighted by Gasteiger charge is -2.02. The smallest absolute Gasteiger partial charge is 0.0727 e. The number of aromatic nitrogens is 2. The molecule has 0 aliphatic rings. The molecular weight excluding hydrogens is 222 g/mol. The van der Waals surface area contributed by atoms with Crippen LogP contribution < -0.4 is 5.73 Å². The third-order valence-electron chi connectivity index (χ3n) is 3.18. The number of benzene rings is 1. The van der Waals surface area contributed by atoms with Gasteiger partial charge in [0.15, 0.2) is 0 Å². The first-order chi connectivity index (χ1) is 8.65. The predicted octanol–water partition coefficient (Wildman–Crippen LogP) is 3.43. The van der Waals surface area contributed by atoms with E-state index in [1.165, 1.54) is 10.9 Å². The number of hydrogen-bond acceptors (Lipinski definition) is 2. The molecule has 3 aromatic rings. The lowest BCUT2D eigenvalue weighted by Crippen LogP contribution is -1.89. The molecule has 0 saturated carbocycles. The van der Waals surface area contributed by atoms with E-state index in [-0.39, 0.29) is 0 Å². The second-order valence-electron chi connectivity index (χ2n) is 4.65. The summed E-state index contributed by atoms with van der Waals surface area (Å²) in [5, 5.41) is 1.21. The lowest BCUT2D eigenvalue weighted by atomic mass is 10.1. The zero-order valence-electron chi connectivity index (χ0n) is 10.5. The van der Waals surface area contributed by atoms with Crippen LogP contribution in [0, 0.1) is 13.8 Å². The molecule has 0 radical (unpaired) electrons. The van der Waals surface area contributed by atoms with Crippen molar-refractivity contribution in [3.05, 3.63) is 47.8 Å². The van der Waals surface area contributed by atoms with Gasteiger partial charge in [-0.3, -0.25) is 4.98 Å². The van der Waals surface area contributed by atoms with Crippen LogP contribution in [0.2, 0.25) is 0 Å². The van der Waals surface area contributed by atoms with Crippen molar-refractivity contribution in [2.24, 2.45) is 0 Å². The van der Waals surface area contributed by atoms with E-state index in [1.807, 2.05) is 12.1 Å². The highest BCUT2D eigenvalue weighted by Crippen LogP contribution is 2.31. The van der Waals surface area contributed by atoms with Gasteiger partial charge >= 0.3 is 0 Å². The van der Waals surface area contributed by atoms with E-state index < -0.39 is 0 Å². The summed E-state index contributed by atoms with van der Waals surface area (Å²) < 4.78 is 0. The molecule has 0 aliphatic carbocycles. The van der Waals surface area contributed by atoms with Crippen molar-refractivity contribution in [1.82, 2.24) is 9.97 Å². The highest BCUT2D eigenvalue weighted by Gasteiger charge is 2.11. The lowest BCUT2D eigenvalue weighted by molar-refractivity contribution is 1.27. The van der Waals surface area contributed by atoms with E-state index in [0.29, 0.717) is 5.69 Å². The molecule has 0 bridgehead atoms. The first-order valence-electron chi connectivity index (χ1n) is 5.96. The maximum atomic E-state index is 5.68. The average Bonchev–Trinajstić information content (AvgIpc) is 2.66. The Morgan fingerprint density at radius 3 is 2.67 bits per heavy atom. The maximum Gasteiger partial charge on any atom is 0.0727 e. The molecule has 1 aromatic carbocycles. The number of pyridine rings is 1. The number of H-pyrrole nitrogens is 1. The summed E-state index contributed by atoms with van der Waals surface area (Å²) in [7, 11) is 0. The third-order valence-corrected chi connectivity index (χ3v) is 3.18. The van der Waals surface area contributed by atoms with Crippen molar-refractivity contribution in [2.75, 3.05) is 5.73 Å². The van der Waals surface area contributed by atoms with Crippen LogP contribution in [0.25, 0.3) is 22.2 Å². The largest absolute Gasteiger partial charge is 0.397 e. The molecule has 3 rings (SSSR count). The van der Waals surface area contributed by atoms with Crippen LogP contribution in [0.5, 0.6) is 0 Å². The summed E-state index contributed by atoms with van der Waals surface area (Å²) in [6.45, 7) is 4.17. The monoisotopic (exact) mass is 237 g/mol. The molecule has 0 atom stereocenters. The third kappa shape index (κ3) is 1.64. The van der Waals surface area contributed by atoms with Crippen molar-refractivity contribution < 1.29 is 0 Å². The standard InChI is InChI=1S/C15H15N3/c1-9-3-5-13-12(7-9)15(10(2)18-13)14-6-4-11(16)8-17-14/h3-8,18H,16H2,1-2H3. The quantitative estimate of drug-likeness (QED) is 0.681. The van der Waals surface area contributed by atoms with Gasteiger partial charge in [-0.15, -0.1) is 0 Å². The van der Waals surface area contributed by atoms with Gasteiger partial charge < -0.3 is 10.7 Å². The number of aromatic amines is 1. The van der Waals surface area contributed by atoms with Gasteiger partial charge in [-0.2, -0.15) is 0 Å². The van der Waals surface area contributed by atoms with Crippen LogP contribution >= 0.6 is 0 Å². The number of nitrogens with zero attached hydrogens (tertiary/aromatic N) is 1. The summed E-state index contributed by atoms with van der Waals surface area (Å²) in [6.07, 6.45) is 1.70. The van der Waals surface area contributed by atoms with Gasteiger partial charge in [0, 0.05) is 22.2 Å². The first kappa shape index (κ1) is 10.8. The average molecular weight is 237 g/mol. The number of nitrogens with one attached hydrogen (secondary N) is 1. The minimum atomic E-state index is 0.687. The fourth-order valence-corrected chi connectivity index (χ4v) is 2.32. The molecule has 3 nitrogen and oxygen atoms in total. The number of nitrogen functional groups attached to an aromatic ring is 1. The number of fused-ring (bicyclic) bond motifs is 1. The van der Waals surface area contributed by atoms with E-state index in [9.17, 15) is 0 Å². The second-order valence-corrected chi connectivity index (χ2v) is 4.65. The Hall–Kier alpha value is -2.29. The Bertz CT molecular complexity index is 708. The molecule has 2 heterocycles. The Morgan fingerprint density at radius 1 is 1.11 bits per heavy atom. The Balaban J connectivity index is 2.30. The topological polar surface area (TPSA) is 54.7 Å². The normalized spacial score (nSPS) is 11.0. The minimum absolute atomic E-state index is 0.687. The first-order valence-corrected chi connectivity index (χ1v) is 5.96. The molecule has 18 heavy (non-hydrogen) atoms. The highest BCUT2D eigenvalue weighted by atomic mass is 14.8. The molecule has 90 valence electrons. The second kappa shape index (κ2) is 3.88. The number of nitrogens with two attached hydrogens (primary N) is 1. The summed E-state index contributed by atoms with van der Waals surface area (Å²) in [5.41, 5.74) is 12.0. The summed E-state index contributed by atoms with van der Waals surface area (Å²) in [5.74, 6) is 0. The molecule has 0 fully saturated rings. The van der Waals surface area contributed by atoms with Gasteiger partial charge in [-0.1, -0.05) is 11.6 Å². The zero-order chi connectivity index (χ0) is 12.7. The summed E-state index contributed by atoms with van der Waals surface area (Å²) >= 11 is 0. The minimum Gasteiger partial charge on any atom is -0.397 e. The molecule has 3 heteroatoms. The Labute approximate surface area is 106 Å². The van der Waals surface area contributed by atoms with Gasteiger partial charge in [0.2, 0.25) is 0 Å². The highest BCUT2D eigenvalue weighted by molar-refractivity contribution is 5.96. The van der Waals surface area contributed by atoms with Crippen molar-refractivity contribution in [3.63, 3.8) is 0 Å². The van der Waals surface area contributed by atoms with Crippen LogP contribution in [0.3, 0.4) is 0 Å². The van der Waals surface area contributed by atoms with Crippen LogP contribution in [-0.4, -0.2) is 9.97 Å². The van der Waals surface area contributed by atoms with E-state index in [4.69, 9.17) is 5.73 Å². The molecule has 2 aromatic heterocycles. The number of aryl methyl sites for hydroxylation is 2. The van der Waals surface area contributed by atoms with Crippen molar-refractivity contribution in [3.8, 4) is 11.3 Å². The van der Waals surface area contributed by atoms with E-state index in [2.05, 4.69) is 42.0 Å². The molecule has 0 amide bonds. The van der Waals surface area contributed by atoms with Crippen LogP contribution in [-0.2, 0) is 0 Å². The van der Waals surface area contributed by atoms with Crippen molar-refractivity contribution in [2.45, 2.75) is 13.8 Å². The molecule has 3 N–H and O–H groups in total. The number of hydrogen-bond donors (Lipinski definition) is 2. The molecule has 0 unspecified atom stereocenters. The van der Waals surface area contributed by atoms with E-state index in [1.54, 1.807) is 6.20 Å². The molecule has 0 aliphatic heterocycles. The molecule has 0 saturated heterocycles. The van der Waals surface area contributed by atoms with Gasteiger partial charge in [0.1, 0.15) is 0 Å². The van der Waals surface area contributed by atoms with Gasteiger partial charge in [0.05, 0.1) is 17.6 Å². The predicted molar refractivity (Wildman–Crippen MR) is 75.4 cm³/mol. The van der Waals surface area contributed by atoms with E-state index >= 15 is 0 Å².